The van der Waals surface area contributed by atoms with Crippen LogP contribution in [0.25, 0.3) is 0 Å². The van der Waals surface area contributed by atoms with E-state index in [0.717, 1.165) is 43.6 Å². The first-order valence-electron chi connectivity index (χ1n) is 9.52. The van der Waals surface area contributed by atoms with E-state index < -0.39 is 9.84 Å². The van der Waals surface area contributed by atoms with Gasteiger partial charge < -0.3 is 10.2 Å². The molecule has 1 aromatic rings. The molecule has 2 aliphatic heterocycles. The van der Waals surface area contributed by atoms with Crippen LogP contribution in [-0.4, -0.2) is 74.4 Å². The van der Waals surface area contributed by atoms with Crippen LogP contribution >= 0.6 is 0 Å². The molecule has 1 aromatic carbocycles. The molecule has 0 aromatic heterocycles. The largest absolute Gasteiger partial charge is 0.334 e. The highest BCUT2D eigenvalue weighted by molar-refractivity contribution is 7.91. The minimum absolute atomic E-state index is 0.101. The van der Waals surface area contributed by atoms with Crippen LogP contribution in [-0.2, 0) is 16.4 Å². The van der Waals surface area contributed by atoms with Gasteiger partial charge in [-0.15, -0.1) is 0 Å². The first-order chi connectivity index (χ1) is 12.5. The van der Waals surface area contributed by atoms with E-state index in [4.69, 9.17) is 0 Å². The summed E-state index contributed by atoms with van der Waals surface area (Å²) in [5, 5.41) is 3.34. The molecule has 2 aliphatic rings. The molecule has 0 bridgehead atoms. The molecule has 1 atom stereocenters. The summed E-state index contributed by atoms with van der Waals surface area (Å²) in [5.41, 5.74) is 1.80. The quantitative estimate of drug-likeness (QED) is 0.802. The van der Waals surface area contributed by atoms with E-state index in [-0.39, 0.29) is 23.5 Å². The molecule has 2 heterocycles. The molecule has 3 rings (SSSR count). The van der Waals surface area contributed by atoms with Crippen molar-refractivity contribution in [3.8, 4) is 0 Å². The lowest BCUT2D eigenvalue weighted by Gasteiger charge is -2.29. The second-order valence-corrected chi connectivity index (χ2v) is 9.58. The van der Waals surface area contributed by atoms with E-state index in [1.165, 1.54) is 0 Å². The summed E-state index contributed by atoms with van der Waals surface area (Å²) in [5.74, 6) is 0.554. The molecule has 0 saturated carbocycles. The lowest BCUT2D eigenvalue weighted by Crippen LogP contribution is -2.42. The van der Waals surface area contributed by atoms with E-state index in [0.29, 0.717) is 19.6 Å². The van der Waals surface area contributed by atoms with Gasteiger partial charge in [0.15, 0.2) is 9.84 Å². The van der Waals surface area contributed by atoms with Crippen molar-refractivity contribution in [2.75, 3.05) is 44.2 Å². The van der Waals surface area contributed by atoms with Gasteiger partial charge in [0, 0.05) is 44.3 Å². The average Bonchev–Trinajstić information content (AvgIpc) is 3.15. The first kappa shape index (κ1) is 19.3. The van der Waals surface area contributed by atoms with Crippen LogP contribution in [0, 0.1) is 0 Å². The van der Waals surface area contributed by atoms with Gasteiger partial charge in [0.2, 0.25) is 0 Å². The number of amides is 1. The summed E-state index contributed by atoms with van der Waals surface area (Å²) in [4.78, 5) is 17.2. The lowest BCUT2D eigenvalue weighted by atomic mass is 10.1. The third kappa shape index (κ3) is 4.84. The van der Waals surface area contributed by atoms with Crippen molar-refractivity contribution in [3.05, 3.63) is 35.4 Å². The summed E-state index contributed by atoms with van der Waals surface area (Å²) in [6.45, 7) is 6.54. The number of rotatable bonds is 6. The molecule has 1 N–H and O–H groups in total. The average molecular weight is 380 g/mol. The summed E-state index contributed by atoms with van der Waals surface area (Å²) >= 11 is 0. The third-order valence-corrected chi connectivity index (χ3v) is 6.83. The van der Waals surface area contributed by atoms with Crippen molar-refractivity contribution >= 4 is 15.7 Å². The van der Waals surface area contributed by atoms with E-state index in [1.54, 1.807) is 0 Å². The molecule has 144 valence electrons. The van der Waals surface area contributed by atoms with Crippen LogP contribution in [0.4, 0.5) is 0 Å². The van der Waals surface area contributed by atoms with E-state index in [9.17, 15) is 13.2 Å². The number of sulfone groups is 1. The van der Waals surface area contributed by atoms with E-state index in [2.05, 4.69) is 17.1 Å². The predicted molar refractivity (Wildman–Crippen MR) is 103 cm³/mol. The summed E-state index contributed by atoms with van der Waals surface area (Å²) in [6.07, 6.45) is 1.96. The minimum Gasteiger partial charge on any atom is -0.334 e. The van der Waals surface area contributed by atoms with Crippen LogP contribution < -0.4 is 5.32 Å². The van der Waals surface area contributed by atoms with Crippen molar-refractivity contribution < 1.29 is 13.2 Å². The number of benzene rings is 1. The van der Waals surface area contributed by atoms with Crippen molar-refractivity contribution in [3.63, 3.8) is 0 Å². The maximum Gasteiger partial charge on any atom is 0.254 e. The normalized spacial score (nSPS) is 23.0. The van der Waals surface area contributed by atoms with Gasteiger partial charge in [-0.1, -0.05) is 19.1 Å². The number of nitrogens with zero attached hydrogens (tertiary/aromatic N) is 2. The van der Waals surface area contributed by atoms with Crippen molar-refractivity contribution in [1.82, 2.24) is 15.1 Å². The maximum absolute atomic E-state index is 13.1. The lowest BCUT2D eigenvalue weighted by molar-refractivity contribution is 0.0692. The van der Waals surface area contributed by atoms with Crippen LogP contribution in [0.1, 0.15) is 35.7 Å². The minimum atomic E-state index is -2.86. The Morgan fingerprint density at radius 2 is 2.08 bits per heavy atom. The zero-order valence-corrected chi connectivity index (χ0v) is 16.3. The second kappa shape index (κ2) is 8.50. The molecule has 26 heavy (non-hydrogen) atoms. The molecule has 7 heteroatoms. The Morgan fingerprint density at radius 3 is 2.73 bits per heavy atom. The highest BCUT2D eigenvalue weighted by Gasteiger charge is 2.27. The van der Waals surface area contributed by atoms with Gasteiger partial charge in [-0.3, -0.25) is 9.69 Å². The fourth-order valence-electron chi connectivity index (χ4n) is 3.73. The van der Waals surface area contributed by atoms with Crippen LogP contribution in [0.15, 0.2) is 24.3 Å². The highest BCUT2D eigenvalue weighted by Crippen LogP contribution is 2.17. The molecular formula is C19H29N3O3S. The Hall–Kier alpha value is -1.44. The zero-order valence-electron chi connectivity index (χ0n) is 15.5. The van der Waals surface area contributed by atoms with Gasteiger partial charge in [-0.2, -0.15) is 0 Å². The molecular weight excluding hydrogens is 350 g/mol. The van der Waals surface area contributed by atoms with Crippen LogP contribution in [0.5, 0.6) is 0 Å². The number of hydrogen-bond donors (Lipinski definition) is 1. The van der Waals surface area contributed by atoms with Crippen LogP contribution in [0.3, 0.4) is 0 Å². The van der Waals surface area contributed by atoms with Crippen molar-refractivity contribution in [1.29, 1.82) is 0 Å². The monoisotopic (exact) mass is 379 g/mol. The SMILES string of the molecule is CCCN(C(=O)c1cccc(CN2CCS(=O)(=O)CC2)c1)[C@H]1CCNC1. The van der Waals surface area contributed by atoms with Gasteiger partial charge in [0.05, 0.1) is 11.5 Å². The summed E-state index contributed by atoms with van der Waals surface area (Å²) in [7, 11) is -2.86. The highest BCUT2D eigenvalue weighted by atomic mass is 32.2. The summed E-state index contributed by atoms with van der Waals surface area (Å²) in [6, 6.07) is 8.08. The molecule has 0 radical (unpaired) electrons. The first-order valence-corrected chi connectivity index (χ1v) is 11.3. The molecule has 6 nitrogen and oxygen atoms in total. The smallest absolute Gasteiger partial charge is 0.254 e. The number of hydrogen-bond acceptors (Lipinski definition) is 5. The zero-order chi connectivity index (χ0) is 18.6. The Labute approximate surface area is 156 Å². The summed E-state index contributed by atoms with van der Waals surface area (Å²) < 4.78 is 23.1. The predicted octanol–water partition coefficient (Wildman–Crippen LogP) is 1.13. The van der Waals surface area contributed by atoms with Crippen LogP contribution in [0.2, 0.25) is 0 Å². The van der Waals surface area contributed by atoms with E-state index >= 15 is 0 Å². The fourth-order valence-corrected chi connectivity index (χ4v) is 5.01. The molecule has 0 unspecified atom stereocenters. The maximum atomic E-state index is 13.1. The Bertz CT molecular complexity index is 715. The standard InChI is InChI=1S/C19H29N3O3S/c1-2-8-22(18-6-7-20-14-18)19(23)17-5-3-4-16(13-17)15-21-9-11-26(24,25)12-10-21/h3-5,13,18,20H,2,6-12,14-15H2,1H3/t18-/m0/s1. The fraction of sp³-hybridized carbons (Fsp3) is 0.632. The van der Waals surface area contributed by atoms with Crippen molar-refractivity contribution in [2.24, 2.45) is 0 Å². The number of carbonyl (C=O) groups is 1. The topological polar surface area (TPSA) is 69.7 Å². The molecule has 2 saturated heterocycles. The van der Waals surface area contributed by atoms with Gasteiger partial charge in [-0.05, 0) is 37.1 Å². The Balaban J connectivity index is 1.68. The van der Waals surface area contributed by atoms with E-state index in [1.807, 2.05) is 29.2 Å². The third-order valence-electron chi connectivity index (χ3n) is 5.22. The Kier molecular flexibility index (Phi) is 6.32. The van der Waals surface area contributed by atoms with Gasteiger partial charge in [0.1, 0.15) is 0 Å². The molecule has 2 fully saturated rings. The molecule has 1 amide bonds. The van der Waals surface area contributed by atoms with Gasteiger partial charge in [0.25, 0.3) is 5.91 Å². The molecule has 0 aliphatic carbocycles. The number of nitrogens with one attached hydrogen (secondary N) is 1. The molecule has 0 spiro atoms. The second-order valence-electron chi connectivity index (χ2n) is 7.27. The Morgan fingerprint density at radius 1 is 1.31 bits per heavy atom. The van der Waals surface area contributed by atoms with Crippen molar-refractivity contribution in [2.45, 2.75) is 32.4 Å². The number of carbonyl (C=O) groups excluding carboxylic acids is 1. The van der Waals surface area contributed by atoms with Gasteiger partial charge >= 0.3 is 0 Å². The van der Waals surface area contributed by atoms with Gasteiger partial charge in [-0.25, -0.2) is 8.42 Å².